The van der Waals surface area contributed by atoms with Crippen LogP contribution in [-0.2, 0) is 10.9 Å². The third-order valence-corrected chi connectivity index (χ3v) is 2.01. The lowest BCUT2D eigenvalue weighted by molar-refractivity contribution is -0.276. The lowest BCUT2D eigenvalue weighted by atomic mass is 10.1. The molecule has 5 nitrogen and oxygen atoms in total. The maximum atomic E-state index is 12.7. The first kappa shape index (κ1) is 16.9. The van der Waals surface area contributed by atoms with Crippen LogP contribution in [0.25, 0.3) is 0 Å². The highest BCUT2D eigenvalue weighted by Gasteiger charge is 2.40. The molecule has 0 aliphatic heterocycles. The van der Waals surface area contributed by atoms with Gasteiger partial charge in [0.15, 0.2) is 0 Å². The van der Waals surface area contributed by atoms with E-state index in [1.807, 2.05) is 0 Å². The Labute approximate surface area is 112 Å². The Morgan fingerprint density at radius 1 is 1.24 bits per heavy atom. The molecule has 0 fully saturated rings. The molecule has 0 amide bonds. The van der Waals surface area contributed by atoms with Gasteiger partial charge in [-0.15, -0.1) is 13.2 Å². The Balaban J connectivity index is 3.47. The van der Waals surface area contributed by atoms with E-state index in [1.54, 1.807) is 0 Å². The molecule has 118 valence electrons. The zero-order valence-electron chi connectivity index (χ0n) is 10.2. The highest BCUT2D eigenvalue weighted by Crippen LogP contribution is 2.31. The molecule has 0 unspecified atom stereocenters. The van der Waals surface area contributed by atoms with Gasteiger partial charge in [-0.2, -0.15) is 13.2 Å². The number of esters is 1. The van der Waals surface area contributed by atoms with Gasteiger partial charge in [-0.1, -0.05) is 0 Å². The zero-order valence-corrected chi connectivity index (χ0v) is 10.2. The molecule has 1 N–H and O–H groups in total. The molecule has 0 aliphatic carbocycles. The summed E-state index contributed by atoms with van der Waals surface area (Å²) in [6.45, 7) is 0.934. The van der Waals surface area contributed by atoms with Crippen LogP contribution in [0.1, 0.15) is 22.8 Å². The van der Waals surface area contributed by atoms with Crippen LogP contribution < -0.4 is 10.3 Å². The van der Waals surface area contributed by atoms with Gasteiger partial charge in [0.2, 0.25) is 5.88 Å². The number of pyridine rings is 1. The maximum Gasteiger partial charge on any atom is 0.574 e. The van der Waals surface area contributed by atoms with Crippen molar-refractivity contribution in [3.05, 3.63) is 27.5 Å². The first-order chi connectivity index (χ1) is 9.45. The molecule has 1 heterocycles. The number of hydrogen-bond donors (Lipinski definition) is 1. The van der Waals surface area contributed by atoms with Gasteiger partial charge in [0, 0.05) is 6.07 Å². The fraction of sp³-hybridized carbons (Fsp3) is 0.400. The molecular weight excluding hydrogens is 312 g/mol. The lowest BCUT2D eigenvalue weighted by Gasteiger charge is -2.14. The molecule has 21 heavy (non-hydrogen) atoms. The molecule has 11 heteroatoms. The van der Waals surface area contributed by atoms with E-state index in [-0.39, 0.29) is 12.7 Å². The van der Waals surface area contributed by atoms with Crippen molar-refractivity contribution < 1.29 is 40.6 Å². The number of ether oxygens (including phenoxy) is 2. The summed E-state index contributed by atoms with van der Waals surface area (Å²) in [5, 5.41) is 0. The Morgan fingerprint density at radius 2 is 1.81 bits per heavy atom. The summed E-state index contributed by atoms with van der Waals surface area (Å²) in [7, 11) is 0. The standard InChI is InChI=1S/C10H7F6NO4/c1-2-20-8(19)4-3-5(21-10(14,15)16)17-7(18)6(4)9(11,12)13/h3H,2H2,1H3,(H,17,18). The van der Waals surface area contributed by atoms with Crippen molar-refractivity contribution in [2.24, 2.45) is 0 Å². The summed E-state index contributed by atoms with van der Waals surface area (Å²) in [5.41, 5.74) is -5.28. The maximum absolute atomic E-state index is 12.7. The largest absolute Gasteiger partial charge is 0.574 e. The number of halogens is 6. The number of H-pyrrole nitrogens is 1. The fourth-order valence-electron chi connectivity index (χ4n) is 1.37. The monoisotopic (exact) mass is 319 g/mol. The second kappa shape index (κ2) is 5.66. The third kappa shape index (κ3) is 4.39. The molecule has 0 aromatic carbocycles. The van der Waals surface area contributed by atoms with Gasteiger partial charge in [0.1, 0.15) is 5.56 Å². The highest BCUT2D eigenvalue weighted by atomic mass is 19.4. The van der Waals surface area contributed by atoms with Crippen LogP contribution >= 0.6 is 0 Å². The number of nitrogens with one attached hydrogen (secondary N) is 1. The van der Waals surface area contributed by atoms with Crippen molar-refractivity contribution in [3.8, 4) is 5.88 Å². The zero-order chi connectivity index (χ0) is 16.4. The molecular formula is C10H7F6NO4. The van der Waals surface area contributed by atoms with Gasteiger partial charge in [0.05, 0.1) is 12.2 Å². The van der Waals surface area contributed by atoms with Gasteiger partial charge in [-0.3, -0.25) is 9.78 Å². The Bertz CT molecular complexity index is 589. The van der Waals surface area contributed by atoms with E-state index < -0.39 is 41.1 Å². The fourth-order valence-corrected chi connectivity index (χ4v) is 1.37. The van der Waals surface area contributed by atoms with E-state index in [9.17, 15) is 35.9 Å². The Morgan fingerprint density at radius 3 is 2.24 bits per heavy atom. The number of carbonyl (C=O) groups is 1. The van der Waals surface area contributed by atoms with Crippen molar-refractivity contribution >= 4 is 5.97 Å². The first-order valence-electron chi connectivity index (χ1n) is 5.23. The molecule has 1 rings (SSSR count). The number of alkyl halides is 6. The summed E-state index contributed by atoms with van der Waals surface area (Å²) in [6, 6.07) is 0.107. The highest BCUT2D eigenvalue weighted by molar-refractivity contribution is 5.91. The van der Waals surface area contributed by atoms with Crippen molar-refractivity contribution in [1.82, 2.24) is 4.98 Å². The van der Waals surface area contributed by atoms with E-state index in [2.05, 4.69) is 9.47 Å². The number of rotatable bonds is 3. The van der Waals surface area contributed by atoms with Crippen LogP contribution in [-0.4, -0.2) is 23.9 Å². The van der Waals surface area contributed by atoms with Crippen LogP contribution in [0.4, 0.5) is 26.3 Å². The average Bonchev–Trinajstić information content (AvgIpc) is 2.23. The van der Waals surface area contributed by atoms with E-state index in [4.69, 9.17) is 0 Å². The van der Waals surface area contributed by atoms with Crippen LogP contribution in [0.3, 0.4) is 0 Å². The molecule has 1 aromatic heterocycles. The van der Waals surface area contributed by atoms with Crippen LogP contribution in [0, 0.1) is 0 Å². The second-order valence-corrected chi connectivity index (χ2v) is 3.52. The normalized spacial score (nSPS) is 12.1. The van der Waals surface area contributed by atoms with Crippen LogP contribution in [0.5, 0.6) is 5.88 Å². The van der Waals surface area contributed by atoms with Gasteiger partial charge in [-0.25, -0.2) is 4.79 Å². The average molecular weight is 319 g/mol. The summed E-state index contributed by atoms with van der Waals surface area (Å²) in [4.78, 5) is 23.9. The summed E-state index contributed by atoms with van der Waals surface area (Å²) >= 11 is 0. The third-order valence-electron chi connectivity index (χ3n) is 2.01. The molecule has 0 saturated carbocycles. The number of carbonyl (C=O) groups excluding carboxylic acids is 1. The van der Waals surface area contributed by atoms with Gasteiger partial charge in [0.25, 0.3) is 5.56 Å². The second-order valence-electron chi connectivity index (χ2n) is 3.52. The minimum atomic E-state index is -5.26. The first-order valence-corrected chi connectivity index (χ1v) is 5.23. The van der Waals surface area contributed by atoms with Crippen molar-refractivity contribution in [3.63, 3.8) is 0 Å². The summed E-state index contributed by atoms with van der Waals surface area (Å²) < 4.78 is 81.6. The van der Waals surface area contributed by atoms with E-state index in [0.717, 1.165) is 0 Å². The molecule has 0 aliphatic rings. The van der Waals surface area contributed by atoms with Gasteiger partial charge >= 0.3 is 18.5 Å². The molecule has 0 radical (unpaired) electrons. The van der Waals surface area contributed by atoms with Crippen LogP contribution in [0.15, 0.2) is 10.9 Å². The lowest BCUT2D eigenvalue weighted by Crippen LogP contribution is -2.28. The topological polar surface area (TPSA) is 68.4 Å². The quantitative estimate of drug-likeness (QED) is 0.686. The van der Waals surface area contributed by atoms with Crippen molar-refractivity contribution in [2.45, 2.75) is 19.5 Å². The minimum Gasteiger partial charge on any atom is -0.462 e. The SMILES string of the molecule is CCOC(=O)c1cc(OC(F)(F)F)[nH]c(=O)c1C(F)(F)F. The molecule has 1 aromatic rings. The smallest absolute Gasteiger partial charge is 0.462 e. The van der Waals surface area contributed by atoms with E-state index in [0.29, 0.717) is 0 Å². The summed E-state index contributed by atoms with van der Waals surface area (Å²) in [6.07, 6.45) is -10.5. The van der Waals surface area contributed by atoms with Crippen LogP contribution in [0.2, 0.25) is 0 Å². The molecule has 0 bridgehead atoms. The number of aromatic nitrogens is 1. The van der Waals surface area contributed by atoms with Crippen molar-refractivity contribution in [2.75, 3.05) is 6.61 Å². The molecule has 0 spiro atoms. The van der Waals surface area contributed by atoms with Gasteiger partial charge in [-0.05, 0) is 6.92 Å². The molecule has 0 atom stereocenters. The molecule has 0 saturated heterocycles. The minimum absolute atomic E-state index is 0.107. The van der Waals surface area contributed by atoms with E-state index in [1.165, 1.54) is 11.9 Å². The predicted molar refractivity (Wildman–Crippen MR) is 54.7 cm³/mol. The van der Waals surface area contributed by atoms with Gasteiger partial charge < -0.3 is 9.47 Å². The number of hydrogen-bond acceptors (Lipinski definition) is 4. The van der Waals surface area contributed by atoms with E-state index >= 15 is 0 Å². The predicted octanol–water partition coefficient (Wildman–Crippen LogP) is 2.47. The summed E-state index contributed by atoms with van der Waals surface area (Å²) in [5.74, 6) is -2.95. The number of aromatic amines is 1. The van der Waals surface area contributed by atoms with Crippen molar-refractivity contribution in [1.29, 1.82) is 0 Å². The Kier molecular flexibility index (Phi) is 4.54. The Hall–Kier alpha value is -2.20.